The summed E-state index contributed by atoms with van der Waals surface area (Å²) in [5, 5.41) is 1.77. The van der Waals surface area contributed by atoms with E-state index in [1.807, 2.05) is 17.0 Å². The predicted octanol–water partition coefficient (Wildman–Crippen LogP) is 2.22. The number of rotatable bonds is 5. The molecule has 1 aromatic carbocycles. The summed E-state index contributed by atoms with van der Waals surface area (Å²) >= 11 is 1.22. The molecule has 1 atom stereocenters. The van der Waals surface area contributed by atoms with Gasteiger partial charge >= 0.3 is 0 Å². The number of hydrogen-bond donors (Lipinski definition) is 0. The SMILES string of the molecule is O=C([C@H]1CCCN(S(=O)(=O)c2cccs2)C1)N1CCN(Cc2ccc3c(c2)OCO3)CC1. The second-order valence-electron chi connectivity index (χ2n) is 8.42. The van der Waals surface area contributed by atoms with Gasteiger partial charge in [-0.05, 0) is 42.0 Å². The van der Waals surface area contributed by atoms with E-state index in [-0.39, 0.29) is 25.2 Å². The lowest BCUT2D eigenvalue weighted by Gasteiger charge is -2.38. The molecule has 0 spiro atoms. The number of piperidine rings is 1. The van der Waals surface area contributed by atoms with Crippen molar-refractivity contribution in [3.8, 4) is 11.5 Å². The van der Waals surface area contributed by atoms with Gasteiger partial charge in [-0.3, -0.25) is 9.69 Å². The lowest BCUT2D eigenvalue weighted by Crippen LogP contribution is -2.52. The smallest absolute Gasteiger partial charge is 0.252 e. The van der Waals surface area contributed by atoms with Crippen LogP contribution in [-0.2, 0) is 21.4 Å². The van der Waals surface area contributed by atoms with Gasteiger partial charge in [0.2, 0.25) is 12.7 Å². The lowest BCUT2D eigenvalue weighted by molar-refractivity contribution is -0.138. The number of carbonyl (C=O) groups excluding carboxylic acids is 1. The number of nitrogens with zero attached hydrogens (tertiary/aromatic N) is 3. The summed E-state index contributed by atoms with van der Waals surface area (Å²) in [5.74, 6) is 1.39. The van der Waals surface area contributed by atoms with Crippen molar-refractivity contribution in [2.75, 3.05) is 46.1 Å². The van der Waals surface area contributed by atoms with E-state index in [4.69, 9.17) is 9.47 Å². The number of carbonyl (C=O) groups is 1. The highest BCUT2D eigenvalue weighted by molar-refractivity contribution is 7.91. The van der Waals surface area contributed by atoms with Gasteiger partial charge in [-0.25, -0.2) is 8.42 Å². The van der Waals surface area contributed by atoms with Crippen molar-refractivity contribution in [3.05, 3.63) is 41.3 Å². The van der Waals surface area contributed by atoms with E-state index in [0.29, 0.717) is 30.3 Å². The summed E-state index contributed by atoms with van der Waals surface area (Å²) in [5.41, 5.74) is 1.16. The minimum atomic E-state index is -3.51. The van der Waals surface area contributed by atoms with E-state index in [2.05, 4.69) is 11.0 Å². The van der Waals surface area contributed by atoms with Crippen molar-refractivity contribution >= 4 is 27.3 Å². The van der Waals surface area contributed by atoms with Crippen LogP contribution >= 0.6 is 11.3 Å². The Labute approximate surface area is 192 Å². The van der Waals surface area contributed by atoms with E-state index in [1.54, 1.807) is 17.5 Å². The summed E-state index contributed by atoms with van der Waals surface area (Å²) in [6.45, 7) is 4.74. The van der Waals surface area contributed by atoms with Crippen LogP contribution in [0.5, 0.6) is 11.5 Å². The molecule has 1 amide bonds. The molecule has 0 aliphatic carbocycles. The first kappa shape index (κ1) is 21.7. The molecule has 1 aromatic heterocycles. The Kier molecular flexibility index (Phi) is 6.11. The zero-order valence-corrected chi connectivity index (χ0v) is 19.4. The van der Waals surface area contributed by atoms with Crippen molar-refractivity contribution in [1.82, 2.24) is 14.1 Å². The third-order valence-corrected chi connectivity index (χ3v) is 9.59. The maximum Gasteiger partial charge on any atom is 0.252 e. The maximum atomic E-state index is 13.2. The van der Waals surface area contributed by atoms with Crippen LogP contribution in [0.25, 0.3) is 0 Å². The fraction of sp³-hybridized carbons (Fsp3) is 0.500. The average molecular weight is 478 g/mol. The molecule has 32 heavy (non-hydrogen) atoms. The van der Waals surface area contributed by atoms with Crippen molar-refractivity contribution in [2.45, 2.75) is 23.6 Å². The molecule has 2 saturated heterocycles. The number of hydrogen-bond acceptors (Lipinski definition) is 7. The lowest BCUT2D eigenvalue weighted by atomic mass is 9.97. The van der Waals surface area contributed by atoms with Crippen LogP contribution in [0.3, 0.4) is 0 Å². The minimum absolute atomic E-state index is 0.0822. The molecular formula is C22H27N3O5S2. The van der Waals surface area contributed by atoms with Crippen LogP contribution in [0.4, 0.5) is 0 Å². The molecule has 10 heteroatoms. The van der Waals surface area contributed by atoms with Gasteiger partial charge in [0.25, 0.3) is 10.0 Å². The molecule has 172 valence electrons. The second kappa shape index (κ2) is 9.01. The largest absolute Gasteiger partial charge is 0.454 e. The summed E-state index contributed by atoms with van der Waals surface area (Å²) in [7, 11) is -3.51. The molecule has 5 rings (SSSR count). The Bertz CT molecular complexity index is 1070. The Balaban J connectivity index is 1.16. The molecule has 0 bridgehead atoms. The van der Waals surface area contributed by atoms with Gasteiger partial charge in [0.1, 0.15) is 4.21 Å². The predicted molar refractivity (Wildman–Crippen MR) is 120 cm³/mol. The number of amides is 1. The summed E-state index contributed by atoms with van der Waals surface area (Å²) in [4.78, 5) is 17.4. The van der Waals surface area contributed by atoms with Gasteiger partial charge < -0.3 is 14.4 Å². The van der Waals surface area contributed by atoms with E-state index < -0.39 is 10.0 Å². The summed E-state index contributed by atoms with van der Waals surface area (Å²) in [6, 6.07) is 9.38. The highest BCUT2D eigenvalue weighted by Gasteiger charge is 2.36. The van der Waals surface area contributed by atoms with Gasteiger partial charge in [-0.2, -0.15) is 4.31 Å². The summed E-state index contributed by atoms with van der Waals surface area (Å²) in [6.07, 6.45) is 1.46. The van der Waals surface area contributed by atoms with Crippen molar-refractivity contribution < 1.29 is 22.7 Å². The van der Waals surface area contributed by atoms with Crippen LogP contribution in [0.2, 0.25) is 0 Å². The summed E-state index contributed by atoms with van der Waals surface area (Å²) < 4.78 is 38.4. The number of fused-ring (bicyclic) bond motifs is 1. The Morgan fingerprint density at radius 1 is 1.06 bits per heavy atom. The monoisotopic (exact) mass is 477 g/mol. The fourth-order valence-corrected chi connectivity index (χ4v) is 7.25. The molecule has 0 saturated carbocycles. The molecule has 8 nitrogen and oxygen atoms in total. The van der Waals surface area contributed by atoms with Gasteiger partial charge in [0, 0.05) is 45.8 Å². The van der Waals surface area contributed by atoms with Crippen molar-refractivity contribution in [2.24, 2.45) is 5.92 Å². The van der Waals surface area contributed by atoms with E-state index in [1.165, 1.54) is 15.6 Å². The molecule has 2 aromatic rings. The minimum Gasteiger partial charge on any atom is -0.454 e. The Morgan fingerprint density at radius 2 is 1.88 bits per heavy atom. The molecule has 3 aliphatic rings. The number of sulfonamides is 1. The standard InChI is InChI=1S/C22H27N3O5S2/c26-22(18-3-1-7-25(15-18)32(27,28)21-4-2-12-31-21)24-10-8-23(9-11-24)14-17-5-6-19-20(13-17)30-16-29-19/h2,4-6,12-13,18H,1,3,7-11,14-16H2/t18-/m0/s1. The third-order valence-electron chi connectivity index (χ3n) is 6.35. The molecule has 0 unspecified atom stereocenters. The van der Waals surface area contributed by atoms with Crippen LogP contribution in [0.1, 0.15) is 18.4 Å². The van der Waals surface area contributed by atoms with Gasteiger partial charge in [-0.15, -0.1) is 11.3 Å². The number of thiophene rings is 1. The Morgan fingerprint density at radius 3 is 2.66 bits per heavy atom. The van der Waals surface area contributed by atoms with Crippen LogP contribution in [0.15, 0.2) is 39.9 Å². The average Bonchev–Trinajstić information content (AvgIpc) is 3.51. The first-order chi connectivity index (χ1) is 15.5. The van der Waals surface area contributed by atoms with Crippen LogP contribution in [0, 0.1) is 5.92 Å². The quantitative estimate of drug-likeness (QED) is 0.657. The van der Waals surface area contributed by atoms with E-state index in [9.17, 15) is 13.2 Å². The zero-order valence-electron chi connectivity index (χ0n) is 17.8. The first-order valence-corrected chi connectivity index (χ1v) is 13.3. The van der Waals surface area contributed by atoms with Gasteiger partial charge in [-0.1, -0.05) is 12.1 Å². The second-order valence-corrected chi connectivity index (χ2v) is 11.5. The topological polar surface area (TPSA) is 79.4 Å². The number of benzene rings is 1. The number of ether oxygens (including phenoxy) is 2. The van der Waals surface area contributed by atoms with E-state index in [0.717, 1.165) is 43.1 Å². The fourth-order valence-electron chi connectivity index (χ4n) is 4.58. The zero-order chi connectivity index (χ0) is 22.1. The Hall–Kier alpha value is -2.14. The molecule has 3 aliphatic heterocycles. The first-order valence-electron chi connectivity index (χ1n) is 10.9. The molecule has 0 N–H and O–H groups in total. The van der Waals surface area contributed by atoms with E-state index >= 15 is 0 Å². The highest BCUT2D eigenvalue weighted by Crippen LogP contribution is 2.33. The maximum absolute atomic E-state index is 13.2. The van der Waals surface area contributed by atoms with Crippen molar-refractivity contribution in [1.29, 1.82) is 0 Å². The van der Waals surface area contributed by atoms with Crippen LogP contribution in [-0.4, -0.2) is 74.5 Å². The number of piperazine rings is 1. The van der Waals surface area contributed by atoms with Crippen LogP contribution < -0.4 is 9.47 Å². The molecule has 4 heterocycles. The molecule has 0 radical (unpaired) electrons. The molecule has 2 fully saturated rings. The van der Waals surface area contributed by atoms with Gasteiger partial charge in [0.15, 0.2) is 11.5 Å². The van der Waals surface area contributed by atoms with Crippen molar-refractivity contribution in [3.63, 3.8) is 0 Å². The molecular weight excluding hydrogens is 450 g/mol. The third kappa shape index (κ3) is 4.36. The van der Waals surface area contributed by atoms with Gasteiger partial charge in [0.05, 0.1) is 5.92 Å². The highest BCUT2D eigenvalue weighted by atomic mass is 32.2. The normalized spacial score (nSPS) is 22.2.